The number of hydrogen-bond donors (Lipinski definition) is 2. The SMILES string of the molecule is Cc1ccc(CC(NN)c2csnn2)cc1. The van der Waals surface area contributed by atoms with E-state index in [1.807, 2.05) is 5.38 Å². The molecule has 0 fully saturated rings. The molecule has 0 saturated heterocycles. The topological polar surface area (TPSA) is 63.8 Å². The van der Waals surface area contributed by atoms with Gasteiger partial charge in [0, 0.05) is 5.38 Å². The maximum absolute atomic E-state index is 5.53. The van der Waals surface area contributed by atoms with Crippen LogP contribution in [0.15, 0.2) is 29.6 Å². The average molecular weight is 234 g/mol. The van der Waals surface area contributed by atoms with Gasteiger partial charge in [-0.3, -0.25) is 11.3 Å². The van der Waals surface area contributed by atoms with Crippen molar-refractivity contribution in [3.8, 4) is 0 Å². The third kappa shape index (κ3) is 2.63. The normalized spacial score (nSPS) is 12.6. The lowest BCUT2D eigenvalue weighted by Crippen LogP contribution is -2.29. The molecule has 4 nitrogen and oxygen atoms in total. The molecule has 0 aliphatic carbocycles. The molecular weight excluding hydrogens is 220 g/mol. The molecule has 1 aromatic carbocycles. The van der Waals surface area contributed by atoms with Crippen LogP contribution in [0.1, 0.15) is 22.9 Å². The summed E-state index contributed by atoms with van der Waals surface area (Å²) in [5.74, 6) is 5.53. The van der Waals surface area contributed by atoms with Crippen LogP contribution in [-0.2, 0) is 6.42 Å². The Labute approximate surface area is 98.6 Å². The van der Waals surface area contributed by atoms with E-state index >= 15 is 0 Å². The minimum Gasteiger partial charge on any atom is -0.271 e. The summed E-state index contributed by atoms with van der Waals surface area (Å²) >= 11 is 1.34. The highest BCUT2D eigenvalue weighted by Gasteiger charge is 2.12. The third-order valence-corrected chi connectivity index (χ3v) is 3.02. The van der Waals surface area contributed by atoms with Crippen LogP contribution in [0.25, 0.3) is 0 Å². The summed E-state index contributed by atoms with van der Waals surface area (Å²) in [6, 6.07) is 8.45. The van der Waals surface area contributed by atoms with Gasteiger partial charge < -0.3 is 0 Å². The highest BCUT2D eigenvalue weighted by atomic mass is 32.1. The number of nitrogens with two attached hydrogens (primary N) is 1. The van der Waals surface area contributed by atoms with Crippen molar-refractivity contribution in [3.05, 3.63) is 46.5 Å². The molecule has 3 N–H and O–H groups in total. The summed E-state index contributed by atoms with van der Waals surface area (Å²) in [6.07, 6.45) is 0.822. The molecule has 0 radical (unpaired) electrons. The molecule has 2 rings (SSSR count). The molecule has 0 aliphatic heterocycles. The van der Waals surface area contributed by atoms with Gasteiger partial charge in [-0.2, -0.15) is 0 Å². The van der Waals surface area contributed by atoms with Gasteiger partial charge in [0.25, 0.3) is 0 Å². The summed E-state index contributed by atoms with van der Waals surface area (Å²) in [5, 5.41) is 5.94. The van der Waals surface area contributed by atoms with Crippen LogP contribution in [0, 0.1) is 6.92 Å². The van der Waals surface area contributed by atoms with Crippen LogP contribution in [-0.4, -0.2) is 9.59 Å². The van der Waals surface area contributed by atoms with Crippen LogP contribution in [0.3, 0.4) is 0 Å². The zero-order valence-electron chi connectivity index (χ0n) is 9.05. The Hall–Kier alpha value is -1.30. The second-order valence-electron chi connectivity index (χ2n) is 3.74. The lowest BCUT2D eigenvalue weighted by molar-refractivity contribution is 0.537. The van der Waals surface area contributed by atoms with Crippen molar-refractivity contribution in [2.75, 3.05) is 0 Å². The van der Waals surface area contributed by atoms with Crippen molar-refractivity contribution in [1.29, 1.82) is 0 Å². The van der Waals surface area contributed by atoms with Crippen molar-refractivity contribution >= 4 is 11.5 Å². The lowest BCUT2D eigenvalue weighted by atomic mass is 10.0. The monoisotopic (exact) mass is 234 g/mol. The first-order valence-corrected chi connectivity index (χ1v) is 5.92. The Balaban J connectivity index is 2.10. The van der Waals surface area contributed by atoms with E-state index in [0.29, 0.717) is 0 Å². The lowest BCUT2D eigenvalue weighted by Gasteiger charge is -2.12. The maximum atomic E-state index is 5.53. The maximum Gasteiger partial charge on any atom is 0.0941 e. The summed E-state index contributed by atoms with van der Waals surface area (Å²) in [7, 11) is 0. The fourth-order valence-corrected chi connectivity index (χ4v) is 2.04. The highest BCUT2D eigenvalue weighted by Crippen LogP contribution is 2.16. The standard InChI is InChI=1S/C11H14N4S/c1-8-2-4-9(5-3-8)6-10(13-12)11-7-16-15-14-11/h2-5,7,10,13H,6,12H2,1H3. The summed E-state index contributed by atoms with van der Waals surface area (Å²) in [5.41, 5.74) is 6.17. The van der Waals surface area contributed by atoms with E-state index in [1.54, 1.807) is 0 Å². The zero-order chi connectivity index (χ0) is 11.4. The number of nitrogens with one attached hydrogen (secondary N) is 1. The van der Waals surface area contributed by atoms with E-state index in [1.165, 1.54) is 22.7 Å². The first kappa shape index (κ1) is 11.2. The second kappa shape index (κ2) is 5.16. The Morgan fingerprint density at radius 2 is 2.12 bits per heavy atom. The molecule has 1 aromatic heterocycles. The first-order valence-electron chi connectivity index (χ1n) is 5.08. The molecular formula is C11H14N4S. The Bertz CT molecular complexity index is 424. The highest BCUT2D eigenvalue weighted by molar-refractivity contribution is 7.03. The average Bonchev–Trinajstić information content (AvgIpc) is 2.82. The van der Waals surface area contributed by atoms with E-state index < -0.39 is 0 Å². The Kier molecular flexibility index (Phi) is 3.61. The summed E-state index contributed by atoms with van der Waals surface area (Å²) in [4.78, 5) is 0. The van der Waals surface area contributed by atoms with Crippen LogP contribution in [0.2, 0.25) is 0 Å². The van der Waals surface area contributed by atoms with Crippen LogP contribution in [0.5, 0.6) is 0 Å². The zero-order valence-corrected chi connectivity index (χ0v) is 9.87. The minimum atomic E-state index is 0.0291. The molecule has 84 valence electrons. The number of nitrogens with zero attached hydrogens (tertiary/aromatic N) is 2. The van der Waals surface area contributed by atoms with Gasteiger partial charge in [-0.1, -0.05) is 34.3 Å². The molecule has 0 spiro atoms. The van der Waals surface area contributed by atoms with E-state index in [4.69, 9.17) is 5.84 Å². The number of rotatable bonds is 4. The summed E-state index contributed by atoms with van der Waals surface area (Å²) < 4.78 is 3.84. The molecule has 16 heavy (non-hydrogen) atoms. The van der Waals surface area contributed by atoms with Gasteiger partial charge in [0.2, 0.25) is 0 Å². The van der Waals surface area contributed by atoms with Gasteiger partial charge in [0.15, 0.2) is 0 Å². The van der Waals surface area contributed by atoms with Gasteiger partial charge >= 0.3 is 0 Å². The van der Waals surface area contributed by atoms with Gasteiger partial charge in [0.05, 0.1) is 11.7 Å². The number of hydrazine groups is 1. The Morgan fingerprint density at radius 1 is 1.38 bits per heavy atom. The second-order valence-corrected chi connectivity index (χ2v) is 4.35. The Morgan fingerprint density at radius 3 is 2.69 bits per heavy atom. The minimum absolute atomic E-state index is 0.0291. The molecule has 2 aromatic rings. The van der Waals surface area contributed by atoms with Crippen molar-refractivity contribution in [3.63, 3.8) is 0 Å². The van der Waals surface area contributed by atoms with Crippen LogP contribution < -0.4 is 11.3 Å². The molecule has 0 bridgehead atoms. The smallest absolute Gasteiger partial charge is 0.0941 e. The molecule has 1 unspecified atom stereocenters. The van der Waals surface area contributed by atoms with Gasteiger partial charge in [-0.15, -0.1) is 5.10 Å². The number of hydrogen-bond acceptors (Lipinski definition) is 5. The van der Waals surface area contributed by atoms with Crippen molar-refractivity contribution in [1.82, 2.24) is 15.0 Å². The first-order chi connectivity index (χ1) is 7.79. The van der Waals surface area contributed by atoms with Gasteiger partial charge in [-0.05, 0) is 30.4 Å². The predicted molar refractivity (Wildman–Crippen MR) is 64.9 cm³/mol. The van der Waals surface area contributed by atoms with E-state index in [9.17, 15) is 0 Å². The molecule has 1 atom stereocenters. The number of benzene rings is 1. The molecule has 0 saturated carbocycles. The van der Waals surface area contributed by atoms with E-state index in [2.05, 4.69) is 46.2 Å². The number of aromatic nitrogens is 2. The fourth-order valence-electron chi connectivity index (χ4n) is 1.53. The quantitative estimate of drug-likeness (QED) is 0.623. The van der Waals surface area contributed by atoms with Crippen LogP contribution >= 0.6 is 11.5 Å². The van der Waals surface area contributed by atoms with E-state index in [0.717, 1.165) is 12.1 Å². The third-order valence-electron chi connectivity index (χ3n) is 2.50. The molecule has 5 heteroatoms. The summed E-state index contributed by atoms with van der Waals surface area (Å²) in [6.45, 7) is 2.08. The fraction of sp³-hybridized carbons (Fsp3) is 0.273. The molecule has 0 aliphatic rings. The van der Waals surface area contributed by atoms with Crippen molar-refractivity contribution < 1.29 is 0 Å². The largest absolute Gasteiger partial charge is 0.271 e. The molecule has 0 amide bonds. The van der Waals surface area contributed by atoms with Gasteiger partial charge in [-0.25, -0.2) is 0 Å². The van der Waals surface area contributed by atoms with Gasteiger partial charge in [0.1, 0.15) is 0 Å². The van der Waals surface area contributed by atoms with Crippen molar-refractivity contribution in [2.24, 2.45) is 5.84 Å². The van der Waals surface area contributed by atoms with Crippen LogP contribution in [0.4, 0.5) is 0 Å². The van der Waals surface area contributed by atoms with Crippen molar-refractivity contribution in [2.45, 2.75) is 19.4 Å². The molecule has 1 heterocycles. The predicted octanol–water partition coefficient (Wildman–Crippen LogP) is 1.59. The number of aryl methyl sites for hydroxylation is 1. The van der Waals surface area contributed by atoms with E-state index in [-0.39, 0.29) is 6.04 Å².